The minimum absolute atomic E-state index is 0.740. The molecule has 1 fully saturated rings. The van der Waals surface area contributed by atoms with Gasteiger partial charge in [0, 0.05) is 20.3 Å². The first kappa shape index (κ1) is 12.2. The molecule has 2 unspecified atom stereocenters. The molecular weight excluding hydrogens is 186 g/mol. The van der Waals surface area contributed by atoms with Crippen molar-refractivity contribution < 1.29 is 0 Å². The van der Waals surface area contributed by atoms with E-state index >= 15 is 0 Å². The molecule has 0 aromatic carbocycles. The Morgan fingerprint density at radius 3 is 2.67 bits per heavy atom. The van der Waals surface area contributed by atoms with Crippen molar-refractivity contribution in [3.05, 3.63) is 0 Å². The van der Waals surface area contributed by atoms with Crippen LogP contribution < -0.4 is 0 Å². The summed E-state index contributed by atoms with van der Waals surface area (Å²) in [5.41, 5.74) is 0. The van der Waals surface area contributed by atoms with Crippen molar-refractivity contribution in [3.63, 3.8) is 0 Å². The molecule has 0 radical (unpaired) electrons. The van der Waals surface area contributed by atoms with Crippen LogP contribution in [0.25, 0.3) is 0 Å². The van der Waals surface area contributed by atoms with Crippen LogP contribution in [0.1, 0.15) is 33.1 Å². The number of hydrazone groups is 1. The molecule has 0 aromatic rings. The standard InChI is InChI=1S/C12H23N3/c1-10-5-6-12(11(2)7-10)8-15(14-4)9-13-3/h9-12H,4-8H2,1-3H3/b13-9-/t10?,11?,12-/m1/s1. The van der Waals surface area contributed by atoms with Crippen molar-refractivity contribution in [3.8, 4) is 0 Å². The van der Waals surface area contributed by atoms with Gasteiger partial charge < -0.3 is 0 Å². The van der Waals surface area contributed by atoms with E-state index in [0.29, 0.717) is 0 Å². The zero-order valence-electron chi connectivity index (χ0n) is 10.2. The number of hydrogen-bond acceptors (Lipinski definition) is 2. The molecule has 1 aliphatic carbocycles. The van der Waals surface area contributed by atoms with Gasteiger partial charge in [0.25, 0.3) is 0 Å². The Morgan fingerprint density at radius 2 is 2.13 bits per heavy atom. The highest BCUT2D eigenvalue weighted by atomic mass is 15.4. The van der Waals surface area contributed by atoms with E-state index in [-0.39, 0.29) is 0 Å². The lowest BCUT2D eigenvalue weighted by atomic mass is 9.75. The van der Waals surface area contributed by atoms with Crippen LogP contribution in [0.15, 0.2) is 10.1 Å². The molecule has 0 N–H and O–H groups in total. The Balaban J connectivity index is 2.46. The van der Waals surface area contributed by atoms with E-state index in [1.807, 2.05) is 5.01 Å². The molecule has 15 heavy (non-hydrogen) atoms. The zero-order valence-corrected chi connectivity index (χ0v) is 10.2. The topological polar surface area (TPSA) is 28.0 Å². The highest BCUT2D eigenvalue weighted by molar-refractivity contribution is 5.55. The number of aliphatic imine (C=N–C) groups is 1. The molecule has 0 spiro atoms. The first-order valence-electron chi connectivity index (χ1n) is 5.83. The van der Waals surface area contributed by atoms with E-state index in [1.165, 1.54) is 19.3 Å². The first-order valence-corrected chi connectivity index (χ1v) is 5.83. The first-order chi connectivity index (χ1) is 7.17. The normalized spacial score (nSPS) is 31.8. The maximum atomic E-state index is 3.98. The van der Waals surface area contributed by atoms with Gasteiger partial charge in [-0.1, -0.05) is 20.3 Å². The van der Waals surface area contributed by atoms with Crippen molar-refractivity contribution in [1.29, 1.82) is 0 Å². The number of nitrogens with zero attached hydrogens (tertiary/aromatic N) is 3. The van der Waals surface area contributed by atoms with E-state index < -0.39 is 0 Å². The predicted octanol–water partition coefficient (Wildman–Crippen LogP) is 2.63. The van der Waals surface area contributed by atoms with Gasteiger partial charge in [-0.05, 0) is 30.6 Å². The fraction of sp³-hybridized carbons (Fsp3) is 0.833. The zero-order chi connectivity index (χ0) is 11.3. The molecule has 0 amide bonds. The Morgan fingerprint density at radius 1 is 1.40 bits per heavy atom. The molecule has 1 rings (SSSR count). The second kappa shape index (κ2) is 5.89. The highest BCUT2D eigenvalue weighted by Gasteiger charge is 2.26. The van der Waals surface area contributed by atoms with E-state index in [2.05, 4.69) is 30.7 Å². The molecular formula is C12H23N3. The van der Waals surface area contributed by atoms with Crippen LogP contribution in [0.4, 0.5) is 0 Å². The summed E-state index contributed by atoms with van der Waals surface area (Å²) < 4.78 is 0. The Bertz CT molecular complexity index is 225. The van der Waals surface area contributed by atoms with E-state index in [1.54, 1.807) is 13.4 Å². The Labute approximate surface area is 93.3 Å². The summed E-state index contributed by atoms with van der Waals surface area (Å²) in [7, 11) is 1.77. The molecule has 3 nitrogen and oxygen atoms in total. The molecule has 0 bridgehead atoms. The van der Waals surface area contributed by atoms with Gasteiger partial charge in [0.15, 0.2) is 0 Å². The summed E-state index contributed by atoms with van der Waals surface area (Å²) in [4.78, 5) is 3.98. The molecule has 0 saturated heterocycles. The molecule has 1 aliphatic rings. The van der Waals surface area contributed by atoms with Gasteiger partial charge in [-0.15, -0.1) is 0 Å². The molecule has 1 saturated carbocycles. The summed E-state index contributed by atoms with van der Waals surface area (Å²) >= 11 is 0. The lowest BCUT2D eigenvalue weighted by Crippen LogP contribution is -2.31. The van der Waals surface area contributed by atoms with Crippen LogP contribution in [-0.4, -0.2) is 31.7 Å². The smallest absolute Gasteiger partial charge is 0.105 e. The number of hydrogen-bond donors (Lipinski definition) is 0. The van der Waals surface area contributed by atoms with Gasteiger partial charge in [0.2, 0.25) is 0 Å². The van der Waals surface area contributed by atoms with E-state index in [0.717, 1.165) is 24.3 Å². The monoisotopic (exact) mass is 209 g/mol. The van der Waals surface area contributed by atoms with Crippen molar-refractivity contribution >= 4 is 13.1 Å². The van der Waals surface area contributed by atoms with E-state index in [4.69, 9.17) is 0 Å². The largest absolute Gasteiger partial charge is 0.277 e. The van der Waals surface area contributed by atoms with Crippen LogP contribution in [0.2, 0.25) is 0 Å². The van der Waals surface area contributed by atoms with Gasteiger partial charge >= 0.3 is 0 Å². The summed E-state index contributed by atoms with van der Waals surface area (Å²) in [6.45, 7) is 9.24. The average molecular weight is 209 g/mol. The van der Waals surface area contributed by atoms with Gasteiger partial charge in [-0.25, -0.2) is 0 Å². The second-order valence-electron chi connectivity index (χ2n) is 4.79. The van der Waals surface area contributed by atoms with Gasteiger partial charge in [-0.3, -0.25) is 10.0 Å². The third-order valence-electron chi connectivity index (χ3n) is 3.46. The van der Waals surface area contributed by atoms with Crippen molar-refractivity contribution in [1.82, 2.24) is 5.01 Å². The molecule has 0 aromatic heterocycles. The highest BCUT2D eigenvalue weighted by Crippen LogP contribution is 2.33. The third kappa shape index (κ3) is 3.65. The minimum Gasteiger partial charge on any atom is -0.277 e. The number of rotatable bonds is 4. The lowest BCUT2D eigenvalue weighted by molar-refractivity contribution is 0.174. The van der Waals surface area contributed by atoms with Gasteiger partial charge in [0.05, 0.1) is 0 Å². The second-order valence-corrected chi connectivity index (χ2v) is 4.79. The average Bonchev–Trinajstić information content (AvgIpc) is 2.21. The summed E-state index contributed by atoms with van der Waals surface area (Å²) in [6.07, 6.45) is 5.77. The molecule has 86 valence electrons. The van der Waals surface area contributed by atoms with Crippen molar-refractivity contribution in [2.75, 3.05) is 13.6 Å². The minimum atomic E-state index is 0.740. The molecule has 0 aliphatic heterocycles. The van der Waals surface area contributed by atoms with Crippen LogP contribution in [0.5, 0.6) is 0 Å². The van der Waals surface area contributed by atoms with Crippen LogP contribution >= 0.6 is 0 Å². The fourth-order valence-corrected chi connectivity index (χ4v) is 2.51. The third-order valence-corrected chi connectivity index (χ3v) is 3.46. The van der Waals surface area contributed by atoms with E-state index in [9.17, 15) is 0 Å². The SMILES string of the molecule is C=NN(/C=N\C)C[C@H]1CCC(C)CC1C. The van der Waals surface area contributed by atoms with Crippen LogP contribution in [0.3, 0.4) is 0 Å². The Hall–Kier alpha value is -0.860. The van der Waals surface area contributed by atoms with Crippen LogP contribution in [0, 0.1) is 17.8 Å². The van der Waals surface area contributed by atoms with Gasteiger partial charge in [0.1, 0.15) is 6.34 Å². The summed E-state index contributed by atoms with van der Waals surface area (Å²) in [5, 5.41) is 5.82. The van der Waals surface area contributed by atoms with Gasteiger partial charge in [-0.2, -0.15) is 5.10 Å². The summed E-state index contributed by atoms with van der Waals surface area (Å²) in [5.74, 6) is 2.43. The van der Waals surface area contributed by atoms with Crippen molar-refractivity contribution in [2.45, 2.75) is 33.1 Å². The molecule has 3 atom stereocenters. The molecule has 0 heterocycles. The Kier molecular flexibility index (Phi) is 4.79. The maximum Gasteiger partial charge on any atom is 0.105 e. The molecule has 3 heteroatoms. The maximum absolute atomic E-state index is 3.98. The lowest BCUT2D eigenvalue weighted by Gasteiger charge is -2.34. The van der Waals surface area contributed by atoms with Crippen LogP contribution in [-0.2, 0) is 0 Å². The predicted molar refractivity (Wildman–Crippen MR) is 66.3 cm³/mol. The summed E-state index contributed by atoms with van der Waals surface area (Å²) in [6, 6.07) is 0. The van der Waals surface area contributed by atoms with Crippen molar-refractivity contribution in [2.24, 2.45) is 27.8 Å². The quantitative estimate of drug-likeness (QED) is 0.397. The fourth-order valence-electron chi connectivity index (χ4n) is 2.51.